The summed E-state index contributed by atoms with van der Waals surface area (Å²) in [6.07, 6.45) is 6.64. The Morgan fingerprint density at radius 1 is 0.539 bits per heavy atom. The maximum atomic E-state index is 13.5. The molecule has 12 N–H and O–H groups in total. The topological polar surface area (TPSA) is 345 Å². The molecule has 27 heteroatoms. The van der Waals surface area contributed by atoms with Crippen LogP contribution in [0.15, 0.2) is 12.7 Å². The number of fused-ring (bicyclic) bond motifs is 2. The summed E-state index contributed by atoms with van der Waals surface area (Å²) in [6.45, 7) is 1.54. The quantitative estimate of drug-likeness (QED) is 0.0576. The van der Waals surface area contributed by atoms with E-state index in [-0.39, 0.29) is 43.0 Å². The summed E-state index contributed by atoms with van der Waals surface area (Å²) in [6, 6.07) is -2.32. The van der Waals surface area contributed by atoms with Gasteiger partial charge < -0.3 is 91.3 Å². The van der Waals surface area contributed by atoms with E-state index in [4.69, 9.17) is 29.9 Å². The molecule has 76 heavy (non-hydrogen) atoms. The molecule has 6 fully saturated rings. The summed E-state index contributed by atoms with van der Waals surface area (Å²) < 4.78 is 3.51. The van der Waals surface area contributed by atoms with Crippen molar-refractivity contribution in [3.8, 4) is 0 Å². The Morgan fingerprint density at radius 2 is 0.921 bits per heavy atom. The molecule has 0 aromatic carbocycles. The number of carbonyl (C=O) groups is 3. The molecule has 4 aromatic heterocycles. The summed E-state index contributed by atoms with van der Waals surface area (Å²) in [4.78, 5) is 75.7. The van der Waals surface area contributed by atoms with Crippen LogP contribution in [0.1, 0.15) is 89.1 Å². The highest BCUT2D eigenvalue weighted by Gasteiger charge is 2.46. The number of aromatic nitrogens is 8. The Hall–Kier alpha value is -5.81. The molecule has 0 bridgehead atoms. The second kappa shape index (κ2) is 22.6. The maximum Gasteiger partial charge on any atom is 0.315 e. The van der Waals surface area contributed by atoms with Crippen molar-refractivity contribution in [1.29, 1.82) is 0 Å². The second-order valence-electron chi connectivity index (χ2n) is 22.3. The molecule has 4 saturated carbocycles. The fraction of sp³-hybridized carbons (Fsp3) is 0.735. The SMILES string of the molecule is CN(C)[C@@H]1CCN(c2nc(NC3CCC(NC(=O)NC4CCC(Nc5nc(N6CC[C@@H](N(C)C)C6)nc6c5ncn6[C@@H]5C[C@H](NC(=O)CO)[C@@H](O)[C@H]5O)CC4)CC3)c3ncn([C@@H]4C[C@H](NC(=O)CO)[C@@H](O)[C@H]4O)c3n2)C1. The number of nitrogens with zero attached hydrogens (tertiary/aromatic N) is 12. The van der Waals surface area contributed by atoms with Gasteiger partial charge in [0, 0.05) is 62.4 Å². The fourth-order valence-electron chi connectivity index (χ4n) is 12.4. The summed E-state index contributed by atoms with van der Waals surface area (Å²) in [5.41, 5.74) is 2.05. The molecule has 416 valence electrons. The predicted molar refractivity (Wildman–Crippen MR) is 280 cm³/mol. The van der Waals surface area contributed by atoms with Gasteiger partial charge in [0.05, 0.1) is 36.8 Å². The lowest BCUT2D eigenvalue weighted by Gasteiger charge is -2.32. The van der Waals surface area contributed by atoms with Crippen molar-refractivity contribution in [2.45, 2.75) is 162 Å². The van der Waals surface area contributed by atoms with Crippen LogP contribution in [-0.4, -0.2) is 238 Å². The van der Waals surface area contributed by atoms with E-state index in [0.717, 1.165) is 90.4 Å². The number of rotatable bonds is 16. The summed E-state index contributed by atoms with van der Waals surface area (Å²) >= 11 is 0. The number of anilines is 4. The number of hydrogen-bond donors (Lipinski definition) is 12. The van der Waals surface area contributed by atoms with Gasteiger partial charge in [-0.15, -0.1) is 0 Å². The average Bonchev–Trinajstić information content (AvgIpc) is 4.31. The van der Waals surface area contributed by atoms with Gasteiger partial charge in [-0.3, -0.25) is 9.59 Å². The Labute approximate surface area is 440 Å². The Bertz CT molecular complexity index is 2510. The molecule has 10 rings (SSSR count). The third-order valence-corrected chi connectivity index (χ3v) is 17.0. The van der Waals surface area contributed by atoms with Gasteiger partial charge in [-0.1, -0.05) is 0 Å². The largest absolute Gasteiger partial charge is 0.388 e. The fourth-order valence-corrected chi connectivity index (χ4v) is 12.4. The smallest absolute Gasteiger partial charge is 0.315 e. The minimum atomic E-state index is -1.25. The van der Waals surface area contributed by atoms with Crippen LogP contribution in [0.5, 0.6) is 0 Å². The first-order valence-corrected chi connectivity index (χ1v) is 27.0. The van der Waals surface area contributed by atoms with Gasteiger partial charge in [-0.05, 0) is 105 Å². The molecule has 27 nitrogen and oxygen atoms in total. The van der Waals surface area contributed by atoms with Gasteiger partial charge in [0.25, 0.3) is 0 Å². The number of aliphatic hydroxyl groups excluding tert-OH is 6. The first-order valence-electron chi connectivity index (χ1n) is 27.0. The van der Waals surface area contributed by atoms with Crippen molar-refractivity contribution in [2.24, 2.45) is 0 Å². The van der Waals surface area contributed by atoms with Gasteiger partial charge >= 0.3 is 6.03 Å². The van der Waals surface area contributed by atoms with E-state index in [0.29, 0.717) is 57.9 Å². The van der Waals surface area contributed by atoms with Crippen molar-refractivity contribution in [1.82, 2.24) is 70.1 Å². The molecule has 2 saturated heterocycles. The first-order chi connectivity index (χ1) is 36.5. The van der Waals surface area contributed by atoms with Gasteiger partial charge in [-0.25, -0.2) is 14.8 Å². The lowest BCUT2D eigenvalue weighted by molar-refractivity contribution is -0.126. The lowest BCUT2D eigenvalue weighted by Crippen LogP contribution is -2.49. The highest BCUT2D eigenvalue weighted by Crippen LogP contribution is 2.38. The number of imidazole rings is 2. The number of amides is 4. The van der Waals surface area contributed by atoms with E-state index >= 15 is 0 Å². The lowest BCUT2D eigenvalue weighted by atomic mass is 9.90. The molecule has 10 atom stereocenters. The Kier molecular flexibility index (Phi) is 16.0. The Morgan fingerprint density at radius 3 is 1.28 bits per heavy atom. The van der Waals surface area contributed by atoms with E-state index in [1.165, 1.54) is 0 Å². The van der Waals surface area contributed by atoms with Crippen molar-refractivity contribution in [2.75, 3.05) is 88.0 Å². The molecule has 6 heterocycles. The normalized spacial score (nSPS) is 31.9. The molecule has 4 aromatic rings. The van der Waals surface area contributed by atoms with Crippen molar-refractivity contribution < 1.29 is 45.0 Å². The number of urea groups is 1. The van der Waals surface area contributed by atoms with Gasteiger partial charge in [-0.2, -0.15) is 19.9 Å². The predicted octanol–water partition coefficient (Wildman–Crippen LogP) is -2.02. The summed E-state index contributed by atoms with van der Waals surface area (Å²) in [7, 11) is 8.23. The van der Waals surface area contributed by atoms with Crippen molar-refractivity contribution >= 4 is 63.7 Å². The van der Waals surface area contributed by atoms with Crippen LogP contribution in [0.2, 0.25) is 0 Å². The zero-order valence-electron chi connectivity index (χ0n) is 43.7. The van der Waals surface area contributed by atoms with Crippen LogP contribution in [0.25, 0.3) is 22.3 Å². The molecule has 0 spiro atoms. The highest BCUT2D eigenvalue weighted by molar-refractivity contribution is 5.86. The zero-order chi connectivity index (χ0) is 53.5. The molecule has 4 amide bonds. The standard InChI is InChI=1S/C49H76N18O9/c1-62(2)29-13-15-64(19-29)47-58-43(37-45(60-47)66(23-50-37)33-17-31(39(72)41(33)74)56-35(70)21-68)52-25-5-9-27(10-6-25)54-49(76)55-28-11-7-26(8-12-28)53-44-38-46(61-48(59-44)65-16-14-30(20-65)63(3)4)67(24-51-38)34-18-32(40(73)42(34)75)57-36(71)22-69/h23-34,39-42,68-69,72-75H,5-22H2,1-4H3,(H,56,70)(H,57,71)(H,52,58,60)(H,53,59,61)(H2,54,55,76)/t25?,26?,27?,28?,29-,30-,31+,32+,33-,34-,39-,40-,41+,42+/m1/s1. The van der Waals surface area contributed by atoms with Crippen molar-refractivity contribution in [3.63, 3.8) is 0 Å². The van der Waals surface area contributed by atoms with E-state index in [1.807, 2.05) is 0 Å². The molecule has 0 radical (unpaired) electrons. The molecule has 2 aliphatic heterocycles. The van der Waals surface area contributed by atoms with Gasteiger partial charge in [0.2, 0.25) is 23.7 Å². The second-order valence-corrected chi connectivity index (χ2v) is 22.3. The highest BCUT2D eigenvalue weighted by atomic mass is 16.3. The van der Waals surface area contributed by atoms with Crippen LogP contribution < -0.4 is 41.7 Å². The van der Waals surface area contributed by atoms with Gasteiger partial charge in [0.15, 0.2) is 34.0 Å². The summed E-state index contributed by atoms with van der Waals surface area (Å²) in [5.74, 6) is 0.934. The minimum absolute atomic E-state index is 0.0186. The van der Waals surface area contributed by atoms with Crippen LogP contribution in [-0.2, 0) is 9.59 Å². The van der Waals surface area contributed by atoms with Crippen LogP contribution in [0, 0.1) is 0 Å². The number of hydrogen-bond acceptors (Lipinski definition) is 21. The number of carbonyl (C=O) groups excluding carboxylic acids is 3. The van der Waals surface area contributed by atoms with Crippen LogP contribution >= 0.6 is 0 Å². The van der Waals surface area contributed by atoms with Crippen molar-refractivity contribution in [3.05, 3.63) is 12.7 Å². The minimum Gasteiger partial charge on any atom is -0.388 e. The molecule has 0 unspecified atom stereocenters. The first kappa shape index (κ1) is 53.6. The van der Waals surface area contributed by atoms with Gasteiger partial charge in [0.1, 0.15) is 37.6 Å². The molecule has 4 aliphatic carbocycles. The number of aliphatic hydroxyl groups is 6. The third kappa shape index (κ3) is 11.1. The number of nitrogens with one attached hydrogen (secondary N) is 6. The summed E-state index contributed by atoms with van der Waals surface area (Å²) in [5, 5.41) is 81.7. The Balaban J connectivity index is 0.752. The molecular weight excluding hydrogens is 985 g/mol. The van der Waals surface area contributed by atoms with E-state index in [2.05, 4.69) is 79.7 Å². The van der Waals surface area contributed by atoms with E-state index in [1.54, 1.807) is 21.8 Å². The molecular formula is C49H76N18O9. The van der Waals surface area contributed by atoms with Crippen LogP contribution in [0.3, 0.4) is 0 Å². The number of likely N-dealkylation sites (N-methyl/N-ethyl adjacent to an activating group) is 2. The maximum absolute atomic E-state index is 13.5. The van der Waals surface area contributed by atoms with E-state index < -0.39 is 73.6 Å². The van der Waals surface area contributed by atoms with E-state index in [9.17, 15) is 45.0 Å². The third-order valence-electron chi connectivity index (χ3n) is 17.0. The van der Waals surface area contributed by atoms with Crippen LogP contribution in [0.4, 0.5) is 28.3 Å². The monoisotopic (exact) mass is 1060 g/mol. The zero-order valence-corrected chi connectivity index (χ0v) is 43.7. The average molecular weight is 1060 g/mol. The molecule has 6 aliphatic rings.